The Morgan fingerprint density at radius 1 is 1.15 bits per heavy atom. The van der Waals surface area contributed by atoms with Gasteiger partial charge in [-0.2, -0.15) is 0 Å². The van der Waals surface area contributed by atoms with Crippen molar-refractivity contribution in [2.75, 3.05) is 6.54 Å². The summed E-state index contributed by atoms with van der Waals surface area (Å²) in [6.45, 7) is 5.78. The standard InChI is InChI=1S/C18H26ClN/c1-3-17(4-2)11-18(12-17,13-20-14-9-10-14)15-7-5-6-8-16(15)19/h5-8,14,20H,3-4,9-13H2,1-2H3. The highest BCUT2D eigenvalue weighted by atomic mass is 35.5. The minimum Gasteiger partial charge on any atom is -0.313 e. The molecule has 0 atom stereocenters. The quantitative estimate of drug-likeness (QED) is 0.783. The molecule has 2 heteroatoms. The number of halogens is 1. The monoisotopic (exact) mass is 291 g/mol. The molecule has 0 aliphatic heterocycles. The van der Waals surface area contributed by atoms with Crippen molar-refractivity contribution in [1.29, 1.82) is 0 Å². The van der Waals surface area contributed by atoms with Gasteiger partial charge in [-0.25, -0.2) is 0 Å². The van der Waals surface area contributed by atoms with Crippen LogP contribution in [0.1, 0.15) is 57.9 Å². The molecule has 2 saturated carbocycles. The Bertz CT molecular complexity index is 466. The third-order valence-electron chi connectivity index (χ3n) is 5.68. The molecule has 110 valence electrons. The number of nitrogens with one attached hydrogen (secondary N) is 1. The van der Waals surface area contributed by atoms with E-state index in [1.807, 2.05) is 12.1 Å². The van der Waals surface area contributed by atoms with E-state index >= 15 is 0 Å². The molecular weight excluding hydrogens is 266 g/mol. The maximum atomic E-state index is 6.50. The van der Waals surface area contributed by atoms with E-state index in [4.69, 9.17) is 11.6 Å². The summed E-state index contributed by atoms with van der Waals surface area (Å²) >= 11 is 6.50. The number of hydrogen-bond acceptors (Lipinski definition) is 1. The van der Waals surface area contributed by atoms with E-state index in [0.717, 1.165) is 17.6 Å². The molecule has 1 aromatic rings. The largest absolute Gasteiger partial charge is 0.313 e. The summed E-state index contributed by atoms with van der Waals surface area (Å²) in [6, 6.07) is 9.24. The molecule has 2 aliphatic rings. The van der Waals surface area contributed by atoms with Crippen molar-refractivity contribution in [3.8, 4) is 0 Å². The summed E-state index contributed by atoms with van der Waals surface area (Å²) in [6.07, 6.45) is 7.86. The first-order chi connectivity index (χ1) is 9.63. The molecule has 1 aromatic carbocycles. The van der Waals surface area contributed by atoms with Crippen LogP contribution in [-0.4, -0.2) is 12.6 Å². The fraction of sp³-hybridized carbons (Fsp3) is 0.667. The molecule has 1 nitrogen and oxygen atoms in total. The lowest BCUT2D eigenvalue weighted by Crippen LogP contribution is -2.54. The van der Waals surface area contributed by atoms with E-state index in [0.29, 0.717) is 5.41 Å². The van der Waals surface area contributed by atoms with Crippen molar-refractivity contribution in [1.82, 2.24) is 5.32 Å². The summed E-state index contributed by atoms with van der Waals surface area (Å²) in [5.41, 5.74) is 2.18. The average Bonchev–Trinajstić information content (AvgIpc) is 3.24. The lowest BCUT2D eigenvalue weighted by atomic mass is 9.48. The second-order valence-electron chi connectivity index (χ2n) is 6.98. The summed E-state index contributed by atoms with van der Waals surface area (Å²) in [4.78, 5) is 0. The zero-order valence-electron chi connectivity index (χ0n) is 12.7. The normalized spacial score (nSPS) is 23.4. The lowest BCUT2D eigenvalue weighted by Gasteiger charge is -2.57. The molecule has 0 spiro atoms. The van der Waals surface area contributed by atoms with Gasteiger partial charge in [0.25, 0.3) is 0 Å². The van der Waals surface area contributed by atoms with Gasteiger partial charge in [0.1, 0.15) is 0 Å². The molecular formula is C18H26ClN. The summed E-state index contributed by atoms with van der Waals surface area (Å²) < 4.78 is 0. The van der Waals surface area contributed by atoms with Crippen LogP contribution in [0, 0.1) is 5.41 Å². The van der Waals surface area contributed by atoms with Crippen molar-refractivity contribution in [3.63, 3.8) is 0 Å². The molecule has 20 heavy (non-hydrogen) atoms. The summed E-state index contributed by atoms with van der Waals surface area (Å²) in [7, 11) is 0. The van der Waals surface area contributed by atoms with Gasteiger partial charge in [0.2, 0.25) is 0 Å². The Balaban J connectivity index is 1.83. The van der Waals surface area contributed by atoms with E-state index in [1.54, 1.807) is 0 Å². The van der Waals surface area contributed by atoms with E-state index in [9.17, 15) is 0 Å². The molecule has 0 radical (unpaired) electrons. The van der Waals surface area contributed by atoms with Crippen LogP contribution in [0.3, 0.4) is 0 Å². The van der Waals surface area contributed by atoms with Crippen molar-refractivity contribution < 1.29 is 0 Å². The highest BCUT2D eigenvalue weighted by Crippen LogP contribution is 2.60. The van der Waals surface area contributed by atoms with Crippen LogP contribution in [0.15, 0.2) is 24.3 Å². The molecule has 0 unspecified atom stereocenters. The Hall–Kier alpha value is -0.530. The second kappa shape index (κ2) is 5.35. The molecule has 2 fully saturated rings. The van der Waals surface area contributed by atoms with Crippen LogP contribution in [0.2, 0.25) is 5.02 Å². The van der Waals surface area contributed by atoms with Gasteiger partial charge >= 0.3 is 0 Å². The summed E-state index contributed by atoms with van der Waals surface area (Å²) in [5.74, 6) is 0. The Morgan fingerprint density at radius 2 is 1.80 bits per heavy atom. The van der Waals surface area contributed by atoms with Gasteiger partial charge < -0.3 is 5.32 Å². The molecule has 3 rings (SSSR count). The van der Waals surface area contributed by atoms with E-state index in [-0.39, 0.29) is 5.41 Å². The zero-order chi connectivity index (χ0) is 14.2. The second-order valence-corrected chi connectivity index (χ2v) is 7.38. The van der Waals surface area contributed by atoms with Crippen molar-refractivity contribution in [2.45, 2.75) is 63.8 Å². The molecule has 0 bridgehead atoms. The van der Waals surface area contributed by atoms with E-state index in [1.165, 1.54) is 44.1 Å². The van der Waals surface area contributed by atoms with Crippen molar-refractivity contribution in [2.24, 2.45) is 5.41 Å². The minimum atomic E-state index is 0.271. The molecule has 0 amide bonds. The Labute approximate surface area is 128 Å². The van der Waals surface area contributed by atoms with Crippen LogP contribution in [-0.2, 0) is 5.41 Å². The smallest absolute Gasteiger partial charge is 0.0444 e. The third-order valence-corrected chi connectivity index (χ3v) is 6.01. The highest BCUT2D eigenvalue weighted by molar-refractivity contribution is 6.31. The fourth-order valence-corrected chi connectivity index (χ4v) is 4.40. The maximum absolute atomic E-state index is 6.50. The van der Waals surface area contributed by atoms with Crippen LogP contribution in [0.25, 0.3) is 0 Å². The Morgan fingerprint density at radius 3 is 2.35 bits per heavy atom. The topological polar surface area (TPSA) is 12.0 Å². The van der Waals surface area contributed by atoms with Gasteiger partial charge in [0.15, 0.2) is 0 Å². The van der Waals surface area contributed by atoms with Gasteiger partial charge in [-0.15, -0.1) is 0 Å². The zero-order valence-corrected chi connectivity index (χ0v) is 13.5. The van der Waals surface area contributed by atoms with Crippen LogP contribution < -0.4 is 5.32 Å². The minimum absolute atomic E-state index is 0.271. The predicted molar refractivity (Wildman–Crippen MR) is 86.4 cm³/mol. The predicted octanol–water partition coefficient (Wildman–Crippen LogP) is 4.93. The lowest BCUT2D eigenvalue weighted by molar-refractivity contribution is 0.0127. The van der Waals surface area contributed by atoms with Gasteiger partial charge in [0, 0.05) is 23.0 Å². The van der Waals surface area contributed by atoms with Crippen LogP contribution in [0.5, 0.6) is 0 Å². The number of hydrogen-bond donors (Lipinski definition) is 1. The number of benzene rings is 1. The van der Waals surface area contributed by atoms with E-state index in [2.05, 4.69) is 31.3 Å². The van der Waals surface area contributed by atoms with E-state index < -0.39 is 0 Å². The van der Waals surface area contributed by atoms with Gasteiger partial charge in [0.05, 0.1) is 0 Å². The SMILES string of the molecule is CCC1(CC)CC(CNC2CC2)(c2ccccc2Cl)C1. The molecule has 0 aromatic heterocycles. The van der Waals surface area contributed by atoms with Gasteiger partial charge in [-0.3, -0.25) is 0 Å². The Kier molecular flexibility index (Phi) is 3.85. The maximum Gasteiger partial charge on any atom is 0.0444 e. The molecule has 0 saturated heterocycles. The first-order valence-electron chi connectivity index (χ1n) is 8.11. The number of rotatable bonds is 6. The summed E-state index contributed by atoms with van der Waals surface area (Å²) in [5, 5.41) is 4.70. The third kappa shape index (κ3) is 2.51. The van der Waals surface area contributed by atoms with Crippen molar-refractivity contribution in [3.05, 3.63) is 34.9 Å². The van der Waals surface area contributed by atoms with Crippen molar-refractivity contribution >= 4 is 11.6 Å². The van der Waals surface area contributed by atoms with Gasteiger partial charge in [-0.05, 0) is 42.7 Å². The molecule has 0 heterocycles. The highest BCUT2D eigenvalue weighted by Gasteiger charge is 2.53. The first kappa shape index (κ1) is 14.4. The average molecular weight is 292 g/mol. The van der Waals surface area contributed by atoms with Gasteiger partial charge in [-0.1, -0.05) is 56.5 Å². The van der Waals surface area contributed by atoms with Crippen LogP contribution >= 0.6 is 11.6 Å². The first-order valence-corrected chi connectivity index (χ1v) is 8.49. The molecule has 2 aliphatic carbocycles. The fourth-order valence-electron chi connectivity index (χ4n) is 4.06. The molecule has 1 N–H and O–H groups in total. The van der Waals surface area contributed by atoms with Crippen LogP contribution in [0.4, 0.5) is 0 Å².